The SMILES string of the molecule is CCC(N)c1nc2c(F)cccc2n1C1CC1. The van der Waals surface area contributed by atoms with Crippen molar-refractivity contribution in [3.63, 3.8) is 0 Å². The molecule has 1 aromatic heterocycles. The van der Waals surface area contributed by atoms with Gasteiger partial charge in [0.05, 0.1) is 11.6 Å². The minimum Gasteiger partial charge on any atom is -0.323 e. The molecule has 0 amide bonds. The summed E-state index contributed by atoms with van der Waals surface area (Å²) in [6.45, 7) is 2.03. The summed E-state index contributed by atoms with van der Waals surface area (Å²) < 4.78 is 15.8. The number of rotatable bonds is 3. The first-order chi connectivity index (χ1) is 8.22. The molecule has 2 aromatic rings. The van der Waals surface area contributed by atoms with E-state index in [1.807, 2.05) is 13.0 Å². The van der Waals surface area contributed by atoms with Crippen LogP contribution in [-0.2, 0) is 0 Å². The van der Waals surface area contributed by atoms with Gasteiger partial charge >= 0.3 is 0 Å². The lowest BCUT2D eigenvalue weighted by Crippen LogP contribution is -2.15. The molecule has 1 aliphatic carbocycles. The largest absolute Gasteiger partial charge is 0.323 e. The van der Waals surface area contributed by atoms with Crippen LogP contribution >= 0.6 is 0 Å². The summed E-state index contributed by atoms with van der Waals surface area (Å²) in [7, 11) is 0. The average Bonchev–Trinajstić information content (AvgIpc) is 3.09. The first-order valence-corrected chi connectivity index (χ1v) is 6.14. The van der Waals surface area contributed by atoms with Gasteiger partial charge in [-0.15, -0.1) is 0 Å². The van der Waals surface area contributed by atoms with E-state index >= 15 is 0 Å². The number of imidazole rings is 1. The van der Waals surface area contributed by atoms with Gasteiger partial charge < -0.3 is 10.3 Å². The quantitative estimate of drug-likeness (QED) is 0.885. The Hall–Kier alpha value is -1.42. The van der Waals surface area contributed by atoms with Gasteiger partial charge in [0.15, 0.2) is 5.82 Å². The van der Waals surface area contributed by atoms with Crippen molar-refractivity contribution < 1.29 is 4.39 Å². The van der Waals surface area contributed by atoms with Crippen molar-refractivity contribution in [2.75, 3.05) is 0 Å². The molecule has 0 radical (unpaired) electrons. The van der Waals surface area contributed by atoms with Crippen LogP contribution in [0.3, 0.4) is 0 Å². The normalized spacial score (nSPS) is 17.6. The highest BCUT2D eigenvalue weighted by Gasteiger charge is 2.30. The Kier molecular flexibility index (Phi) is 2.40. The number of nitrogens with two attached hydrogens (primary N) is 1. The van der Waals surface area contributed by atoms with Crippen LogP contribution in [0.1, 0.15) is 44.1 Å². The molecule has 0 saturated heterocycles. The van der Waals surface area contributed by atoms with E-state index in [9.17, 15) is 4.39 Å². The van der Waals surface area contributed by atoms with Gasteiger partial charge in [0.25, 0.3) is 0 Å². The summed E-state index contributed by atoms with van der Waals surface area (Å²) in [4.78, 5) is 4.41. The number of fused-ring (bicyclic) bond motifs is 1. The molecular weight excluding hydrogens is 217 g/mol. The van der Waals surface area contributed by atoms with Crippen molar-refractivity contribution in [2.45, 2.75) is 38.3 Å². The lowest BCUT2D eigenvalue weighted by atomic mass is 10.2. The molecule has 1 atom stereocenters. The smallest absolute Gasteiger partial charge is 0.151 e. The highest BCUT2D eigenvalue weighted by atomic mass is 19.1. The van der Waals surface area contributed by atoms with Crippen molar-refractivity contribution in [1.82, 2.24) is 9.55 Å². The van der Waals surface area contributed by atoms with Crippen LogP contribution in [0.15, 0.2) is 18.2 Å². The van der Waals surface area contributed by atoms with Gasteiger partial charge in [-0.2, -0.15) is 0 Å². The highest BCUT2D eigenvalue weighted by Crippen LogP contribution is 2.40. The molecule has 17 heavy (non-hydrogen) atoms. The fraction of sp³-hybridized carbons (Fsp3) is 0.462. The zero-order valence-corrected chi connectivity index (χ0v) is 9.86. The number of aromatic nitrogens is 2. The summed E-state index contributed by atoms with van der Waals surface area (Å²) in [5.41, 5.74) is 7.41. The second-order valence-corrected chi connectivity index (χ2v) is 4.69. The van der Waals surface area contributed by atoms with Gasteiger partial charge in [-0.3, -0.25) is 0 Å². The average molecular weight is 233 g/mol. The van der Waals surface area contributed by atoms with Crippen LogP contribution in [0, 0.1) is 5.82 Å². The fourth-order valence-electron chi connectivity index (χ4n) is 2.26. The number of hydrogen-bond donors (Lipinski definition) is 1. The van der Waals surface area contributed by atoms with Crippen molar-refractivity contribution in [3.05, 3.63) is 29.8 Å². The Morgan fingerprint density at radius 1 is 1.53 bits per heavy atom. The van der Waals surface area contributed by atoms with E-state index in [2.05, 4.69) is 9.55 Å². The minimum absolute atomic E-state index is 0.109. The van der Waals surface area contributed by atoms with E-state index < -0.39 is 0 Å². The van der Waals surface area contributed by atoms with Gasteiger partial charge in [0.1, 0.15) is 11.3 Å². The van der Waals surface area contributed by atoms with Gasteiger partial charge in [0.2, 0.25) is 0 Å². The van der Waals surface area contributed by atoms with Crippen LogP contribution in [0.5, 0.6) is 0 Å². The Labute approximate surface area is 99.4 Å². The fourth-order valence-corrected chi connectivity index (χ4v) is 2.26. The van der Waals surface area contributed by atoms with Crippen molar-refractivity contribution >= 4 is 11.0 Å². The number of hydrogen-bond acceptors (Lipinski definition) is 2. The maximum Gasteiger partial charge on any atom is 0.151 e. The number of nitrogens with zero attached hydrogens (tertiary/aromatic N) is 2. The molecule has 1 saturated carbocycles. The molecule has 3 nitrogen and oxygen atoms in total. The predicted molar refractivity (Wildman–Crippen MR) is 65.2 cm³/mol. The summed E-state index contributed by atoms with van der Waals surface area (Å²) in [6, 6.07) is 5.47. The van der Waals surface area contributed by atoms with E-state index in [1.54, 1.807) is 6.07 Å². The molecule has 1 heterocycles. The molecule has 2 N–H and O–H groups in total. The van der Waals surface area contributed by atoms with Gasteiger partial charge in [-0.1, -0.05) is 13.0 Å². The Morgan fingerprint density at radius 2 is 2.29 bits per heavy atom. The molecule has 1 unspecified atom stereocenters. The molecule has 1 aromatic carbocycles. The predicted octanol–water partition coefficient (Wildman–Crippen LogP) is 2.92. The zero-order valence-electron chi connectivity index (χ0n) is 9.86. The van der Waals surface area contributed by atoms with Gasteiger partial charge in [0, 0.05) is 6.04 Å². The highest BCUT2D eigenvalue weighted by molar-refractivity contribution is 5.77. The third kappa shape index (κ3) is 1.63. The summed E-state index contributed by atoms with van der Waals surface area (Å²) in [6.07, 6.45) is 3.11. The summed E-state index contributed by atoms with van der Waals surface area (Å²) in [5, 5.41) is 0. The maximum atomic E-state index is 13.7. The molecule has 1 fully saturated rings. The molecular formula is C13H16FN3. The lowest BCUT2D eigenvalue weighted by molar-refractivity contribution is 0.590. The molecule has 3 rings (SSSR count). The monoisotopic (exact) mass is 233 g/mol. The van der Waals surface area contributed by atoms with Crippen molar-refractivity contribution in [3.8, 4) is 0 Å². The Balaban J connectivity index is 2.26. The third-order valence-electron chi connectivity index (χ3n) is 3.38. The lowest BCUT2D eigenvalue weighted by Gasteiger charge is -2.12. The van der Waals surface area contributed by atoms with E-state index in [0.29, 0.717) is 11.6 Å². The summed E-state index contributed by atoms with van der Waals surface area (Å²) >= 11 is 0. The first kappa shape index (κ1) is 10.7. The second kappa shape index (κ2) is 3.81. The molecule has 1 aliphatic rings. The first-order valence-electron chi connectivity index (χ1n) is 6.14. The molecule has 90 valence electrons. The summed E-state index contributed by atoms with van der Waals surface area (Å²) in [5.74, 6) is 0.571. The number of para-hydroxylation sites is 1. The Bertz CT molecular complexity index is 557. The third-order valence-corrected chi connectivity index (χ3v) is 3.38. The van der Waals surface area contributed by atoms with Gasteiger partial charge in [-0.25, -0.2) is 9.37 Å². The van der Waals surface area contributed by atoms with Crippen LogP contribution in [0.2, 0.25) is 0 Å². The van der Waals surface area contributed by atoms with Crippen LogP contribution in [0.4, 0.5) is 4.39 Å². The van der Waals surface area contributed by atoms with Gasteiger partial charge in [-0.05, 0) is 31.4 Å². The van der Waals surface area contributed by atoms with Crippen molar-refractivity contribution in [2.24, 2.45) is 5.73 Å². The van der Waals surface area contributed by atoms with Crippen LogP contribution in [0.25, 0.3) is 11.0 Å². The zero-order chi connectivity index (χ0) is 12.0. The molecule has 0 bridgehead atoms. The molecule has 0 aliphatic heterocycles. The molecule has 4 heteroatoms. The second-order valence-electron chi connectivity index (χ2n) is 4.69. The van der Waals surface area contributed by atoms with E-state index in [-0.39, 0.29) is 11.9 Å². The minimum atomic E-state index is -0.258. The number of halogens is 1. The standard InChI is InChI=1S/C13H16FN3/c1-2-10(15)13-16-12-9(14)4-3-5-11(12)17(13)8-6-7-8/h3-5,8,10H,2,6-7,15H2,1H3. The maximum absolute atomic E-state index is 13.7. The van der Waals surface area contributed by atoms with Crippen LogP contribution in [-0.4, -0.2) is 9.55 Å². The van der Waals surface area contributed by atoms with E-state index in [1.165, 1.54) is 6.07 Å². The van der Waals surface area contributed by atoms with E-state index in [0.717, 1.165) is 30.6 Å². The van der Waals surface area contributed by atoms with E-state index in [4.69, 9.17) is 5.73 Å². The van der Waals surface area contributed by atoms with Crippen molar-refractivity contribution in [1.29, 1.82) is 0 Å². The van der Waals surface area contributed by atoms with Crippen LogP contribution < -0.4 is 5.73 Å². The topological polar surface area (TPSA) is 43.8 Å². The molecule has 0 spiro atoms. The Morgan fingerprint density at radius 3 is 2.94 bits per heavy atom. The number of benzene rings is 1.